The first kappa shape index (κ1) is 21.1. The van der Waals surface area contributed by atoms with Crippen LogP contribution in [-0.2, 0) is 16.0 Å². The number of aliphatic hydroxyl groups is 1. The third-order valence-corrected chi connectivity index (χ3v) is 5.98. The van der Waals surface area contributed by atoms with E-state index in [2.05, 4.69) is 4.98 Å². The van der Waals surface area contributed by atoms with Gasteiger partial charge in [0.2, 0.25) is 0 Å². The highest BCUT2D eigenvalue weighted by Crippen LogP contribution is 2.40. The van der Waals surface area contributed by atoms with Crippen molar-refractivity contribution < 1.29 is 14.7 Å². The molecule has 0 aliphatic carbocycles. The molecule has 0 radical (unpaired) electrons. The van der Waals surface area contributed by atoms with E-state index in [1.54, 1.807) is 30.3 Å². The van der Waals surface area contributed by atoms with Gasteiger partial charge in [0.1, 0.15) is 5.76 Å². The number of halogens is 2. The Morgan fingerprint density at radius 2 is 1.68 bits per heavy atom. The summed E-state index contributed by atoms with van der Waals surface area (Å²) in [7, 11) is 0. The van der Waals surface area contributed by atoms with Crippen LogP contribution >= 0.6 is 23.2 Å². The van der Waals surface area contributed by atoms with Crippen molar-refractivity contribution in [3.05, 3.63) is 105 Å². The average molecular weight is 453 g/mol. The summed E-state index contributed by atoms with van der Waals surface area (Å²) in [6.45, 7) is 0.298. The molecule has 1 aliphatic heterocycles. The molecule has 1 amide bonds. The summed E-state index contributed by atoms with van der Waals surface area (Å²) in [5.41, 5.74) is 2.05. The Hall–Kier alpha value is -3.15. The number of likely N-dealkylation sites (tertiary alicyclic amines) is 1. The topological polar surface area (TPSA) is 70.5 Å². The first-order valence-electron chi connectivity index (χ1n) is 9.65. The lowest BCUT2D eigenvalue weighted by atomic mass is 9.95. The van der Waals surface area contributed by atoms with Gasteiger partial charge in [0.15, 0.2) is 0 Å². The normalized spacial score (nSPS) is 17.9. The van der Waals surface area contributed by atoms with Gasteiger partial charge in [-0.05, 0) is 41.8 Å². The van der Waals surface area contributed by atoms with Gasteiger partial charge in [0, 0.05) is 24.5 Å². The first-order chi connectivity index (χ1) is 15.0. The molecule has 156 valence electrons. The Kier molecular flexibility index (Phi) is 6.07. The van der Waals surface area contributed by atoms with Crippen molar-refractivity contribution in [1.82, 2.24) is 9.88 Å². The summed E-state index contributed by atoms with van der Waals surface area (Å²) in [5, 5.41) is 11.6. The number of aromatic nitrogens is 1. The van der Waals surface area contributed by atoms with Crippen molar-refractivity contribution in [3.63, 3.8) is 0 Å². The maximum atomic E-state index is 13.0. The van der Waals surface area contributed by atoms with Gasteiger partial charge >= 0.3 is 0 Å². The predicted molar refractivity (Wildman–Crippen MR) is 120 cm³/mol. The van der Waals surface area contributed by atoms with E-state index in [0.29, 0.717) is 34.1 Å². The molecule has 5 nitrogen and oxygen atoms in total. The van der Waals surface area contributed by atoms with Crippen molar-refractivity contribution in [3.8, 4) is 0 Å². The Morgan fingerprint density at radius 1 is 0.968 bits per heavy atom. The van der Waals surface area contributed by atoms with Crippen molar-refractivity contribution in [2.75, 3.05) is 6.54 Å². The number of nitrogens with zero attached hydrogens (tertiary/aromatic N) is 2. The van der Waals surface area contributed by atoms with Crippen LogP contribution in [0.15, 0.2) is 78.6 Å². The molecule has 3 aromatic rings. The highest BCUT2D eigenvalue weighted by atomic mass is 35.5. The van der Waals surface area contributed by atoms with Crippen LogP contribution in [0.3, 0.4) is 0 Å². The summed E-state index contributed by atoms with van der Waals surface area (Å²) in [4.78, 5) is 31.4. The fourth-order valence-electron chi connectivity index (χ4n) is 3.70. The summed E-state index contributed by atoms with van der Waals surface area (Å²) in [5.74, 6) is -1.65. The monoisotopic (exact) mass is 452 g/mol. The van der Waals surface area contributed by atoms with Crippen LogP contribution in [0.2, 0.25) is 10.0 Å². The van der Waals surface area contributed by atoms with Gasteiger partial charge in [-0.15, -0.1) is 0 Å². The molecule has 0 saturated carbocycles. The summed E-state index contributed by atoms with van der Waals surface area (Å²) in [6.07, 6.45) is 3.57. The lowest BCUT2D eigenvalue weighted by Crippen LogP contribution is -2.31. The van der Waals surface area contributed by atoms with Crippen LogP contribution in [0.25, 0.3) is 5.76 Å². The number of hydrogen-bond donors (Lipinski definition) is 1. The van der Waals surface area contributed by atoms with Crippen LogP contribution in [0, 0.1) is 0 Å². The van der Waals surface area contributed by atoms with Crippen molar-refractivity contribution >= 4 is 40.7 Å². The number of benzene rings is 2. The smallest absolute Gasteiger partial charge is 0.295 e. The molecule has 2 aromatic carbocycles. The summed E-state index contributed by atoms with van der Waals surface area (Å²) < 4.78 is 0. The number of ketones is 1. The fraction of sp³-hybridized carbons (Fsp3) is 0.125. The third kappa shape index (κ3) is 4.20. The average Bonchev–Trinajstić information content (AvgIpc) is 3.05. The van der Waals surface area contributed by atoms with E-state index in [0.717, 1.165) is 5.56 Å². The number of carbonyl (C=O) groups is 2. The van der Waals surface area contributed by atoms with E-state index >= 15 is 0 Å². The molecule has 31 heavy (non-hydrogen) atoms. The minimum Gasteiger partial charge on any atom is -0.507 e. The predicted octanol–water partition coefficient (Wildman–Crippen LogP) is 5.05. The second-order valence-electron chi connectivity index (χ2n) is 7.14. The van der Waals surface area contributed by atoms with Gasteiger partial charge in [0.05, 0.1) is 21.7 Å². The maximum Gasteiger partial charge on any atom is 0.295 e. The highest BCUT2D eigenvalue weighted by molar-refractivity contribution is 6.46. The second-order valence-corrected chi connectivity index (χ2v) is 7.95. The number of rotatable bonds is 5. The van der Waals surface area contributed by atoms with Crippen LogP contribution in [0.4, 0.5) is 0 Å². The number of aliphatic hydroxyl groups excluding tert-OH is 1. The molecule has 2 heterocycles. The van der Waals surface area contributed by atoms with Gasteiger partial charge < -0.3 is 10.0 Å². The molecule has 1 atom stereocenters. The summed E-state index contributed by atoms with van der Waals surface area (Å²) in [6, 6.07) is 17.0. The second kappa shape index (κ2) is 8.92. The molecule has 1 fully saturated rings. The molecule has 4 rings (SSSR count). The van der Waals surface area contributed by atoms with E-state index < -0.39 is 17.7 Å². The molecular formula is C24H18Cl2N2O3. The van der Waals surface area contributed by atoms with Crippen LogP contribution < -0.4 is 0 Å². The van der Waals surface area contributed by atoms with E-state index in [1.807, 2.05) is 30.3 Å². The Labute approximate surface area is 189 Å². The molecule has 0 bridgehead atoms. The zero-order valence-corrected chi connectivity index (χ0v) is 17.8. The number of pyridine rings is 1. The van der Waals surface area contributed by atoms with Crippen molar-refractivity contribution in [1.29, 1.82) is 0 Å². The number of amides is 1. The first-order valence-corrected chi connectivity index (χ1v) is 10.4. The Bertz CT molecular complexity index is 1160. The fourth-order valence-corrected chi connectivity index (χ4v) is 4.01. The van der Waals surface area contributed by atoms with Gasteiger partial charge in [0.25, 0.3) is 11.7 Å². The zero-order valence-electron chi connectivity index (χ0n) is 16.3. The molecule has 1 saturated heterocycles. The van der Waals surface area contributed by atoms with Crippen molar-refractivity contribution in [2.24, 2.45) is 0 Å². The van der Waals surface area contributed by atoms with Gasteiger partial charge in [-0.2, -0.15) is 0 Å². The maximum absolute atomic E-state index is 13.0. The summed E-state index contributed by atoms with van der Waals surface area (Å²) >= 11 is 12.3. The van der Waals surface area contributed by atoms with Crippen LogP contribution in [0.1, 0.15) is 22.7 Å². The third-order valence-electron chi connectivity index (χ3n) is 5.24. The largest absolute Gasteiger partial charge is 0.507 e. The minimum atomic E-state index is -0.786. The molecule has 7 heteroatoms. The molecule has 0 spiro atoms. The highest BCUT2D eigenvalue weighted by Gasteiger charge is 2.45. The lowest BCUT2D eigenvalue weighted by Gasteiger charge is -2.25. The van der Waals surface area contributed by atoms with E-state index in [1.165, 1.54) is 17.3 Å². The number of carbonyl (C=O) groups excluding carboxylic acids is 2. The van der Waals surface area contributed by atoms with E-state index in [-0.39, 0.29) is 11.3 Å². The van der Waals surface area contributed by atoms with E-state index in [4.69, 9.17) is 23.2 Å². The molecule has 1 aromatic heterocycles. The van der Waals surface area contributed by atoms with Gasteiger partial charge in [-0.25, -0.2) is 0 Å². The Balaban J connectivity index is 1.80. The Morgan fingerprint density at radius 3 is 2.35 bits per heavy atom. The van der Waals surface area contributed by atoms with Crippen LogP contribution in [-0.4, -0.2) is 33.2 Å². The molecule has 1 unspecified atom stereocenters. The quantitative estimate of drug-likeness (QED) is 0.333. The van der Waals surface area contributed by atoms with Gasteiger partial charge in [-0.1, -0.05) is 59.6 Å². The number of hydrogen-bond acceptors (Lipinski definition) is 4. The van der Waals surface area contributed by atoms with E-state index in [9.17, 15) is 14.7 Å². The molecule has 1 N–H and O–H groups in total. The SMILES string of the molecule is O=C1C(=O)N(CCc2ccccc2)C(c2ccc(Cl)c(Cl)c2)C1=C(O)c1ccncc1. The van der Waals surface area contributed by atoms with Gasteiger partial charge in [-0.3, -0.25) is 14.6 Å². The zero-order chi connectivity index (χ0) is 22.0. The number of Topliss-reactive ketones (excluding diaryl/α,β-unsaturated/α-hetero) is 1. The molecule has 1 aliphatic rings. The van der Waals surface area contributed by atoms with Crippen molar-refractivity contribution in [2.45, 2.75) is 12.5 Å². The molecular weight excluding hydrogens is 435 g/mol. The standard InChI is InChI=1S/C24H18Cl2N2O3/c25-18-7-6-17(14-19(18)26)21-20(22(29)16-8-11-27-12-9-16)23(30)24(31)28(21)13-10-15-4-2-1-3-5-15/h1-9,11-12,14,21,29H,10,13H2. The minimum absolute atomic E-state index is 0.0163. The van der Waals surface area contributed by atoms with Crippen LogP contribution in [0.5, 0.6) is 0 Å². The lowest BCUT2D eigenvalue weighted by molar-refractivity contribution is -0.139.